The first-order valence-electron chi connectivity index (χ1n) is 7.01. The van der Waals surface area contributed by atoms with Gasteiger partial charge in [0, 0.05) is 10.6 Å². The van der Waals surface area contributed by atoms with E-state index in [4.69, 9.17) is 44.1 Å². The Hall–Kier alpha value is -2.21. The summed E-state index contributed by atoms with van der Waals surface area (Å²) in [5.74, 6) is 0.594. The van der Waals surface area contributed by atoms with Crippen molar-refractivity contribution in [2.45, 2.75) is 0 Å². The number of ether oxygens (including phenoxy) is 1. The Labute approximate surface area is 158 Å². The highest BCUT2D eigenvalue weighted by molar-refractivity contribution is 6.50. The Morgan fingerprint density at radius 1 is 1.24 bits per heavy atom. The maximum absolute atomic E-state index is 9.76. The number of aromatic hydroxyl groups is 1. The third-order valence-electron chi connectivity index (χ3n) is 3.28. The van der Waals surface area contributed by atoms with Gasteiger partial charge in [-0.15, -0.1) is 0 Å². The number of aromatic nitrogens is 2. The summed E-state index contributed by atoms with van der Waals surface area (Å²) in [5, 5.41) is 14.6. The fourth-order valence-corrected chi connectivity index (χ4v) is 2.72. The molecule has 0 amide bonds. The van der Waals surface area contributed by atoms with Gasteiger partial charge in [-0.1, -0.05) is 52.1 Å². The summed E-state index contributed by atoms with van der Waals surface area (Å²) in [4.78, 5) is 4.25. The number of phenolic OH excluding ortho intramolecular Hbond substituents is 1. The molecule has 1 heterocycles. The van der Waals surface area contributed by atoms with Crippen molar-refractivity contribution in [2.75, 3.05) is 7.11 Å². The number of benzene rings is 2. The molecule has 0 unspecified atom stereocenters. The minimum absolute atomic E-state index is 0.139. The molecular formula is C17H11Cl3N2O3. The van der Waals surface area contributed by atoms with Crippen molar-refractivity contribution in [2.24, 2.45) is 0 Å². The molecule has 128 valence electrons. The molecule has 2 aromatic carbocycles. The third kappa shape index (κ3) is 3.90. The van der Waals surface area contributed by atoms with Crippen LogP contribution in [0.1, 0.15) is 11.5 Å². The highest BCUT2D eigenvalue weighted by atomic mass is 35.5. The smallest absolute Gasteiger partial charge is 0.269 e. The standard InChI is InChI=1S/C17H11Cl3N2O3/c1-24-14-7-9(5-12(19)15(14)23)6-13(20)17-21-16(22-25-17)10-3-2-4-11(18)8-10/h2-8,23H,1H3/b13-6-. The van der Waals surface area contributed by atoms with Gasteiger partial charge in [0.15, 0.2) is 11.5 Å². The average molecular weight is 398 g/mol. The molecule has 1 aromatic heterocycles. The molecule has 1 N–H and O–H groups in total. The highest BCUT2D eigenvalue weighted by Gasteiger charge is 2.13. The van der Waals surface area contributed by atoms with E-state index in [9.17, 15) is 5.11 Å². The number of rotatable bonds is 4. The van der Waals surface area contributed by atoms with Crippen LogP contribution in [0.25, 0.3) is 22.5 Å². The van der Waals surface area contributed by atoms with Gasteiger partial charge in [0.2, 0.25) is 5.82 Å². The lowest BCUT2D eigenvalue weighted by molar-refractivity contribution is 0.373. The summed E-state index contributed by atoms with van der Waals surface area (Å²) in [5.41, 5.74) is 1.31. The van der Waals surface area contributed by atoms with Crippen LogP contribution in [0.3, 0.4) is 0 Å². The van der Waals surface area contributed by atoms with Crippen molar-refractivity contribution in [1.82, 2.24) is 10.1 Å². The summed E-state index contributed by atoms with van der Waals surface area (Å²) in [6.45, 7) is 0. The van der Waals surface area contributed by atoms with Gasteiger partial charge in [-0.05, 0) is 35.9 Å². The highest BCUT2D eigenvalue weighted by Crippen LogP contribution is 2.36. The topological polar surface area (TPSA) is 68.4 Å². The Bertz CT molecular complexity index is 954. The molecule has 0 aliphatic rings. The van der Waals surface area contributed by atoms with Crippen molar-refractivity contribution in [3.8, 4) is 22.9 Å². The van der Waals surface area contributed by atoms with E-state index >= 15 is 0 Å². The molecule has 8 heteroatoms. The Morgan fingerprint density at radius 2 is 2.04 bits per heavy atom. The lowest BCUT2D eigenvalue weighted by Crippen LogP contribution is -1.86. The predicted octanol–water partition coefficient (Wildman–Crippen LogP) is 5.49. The van der Waals surface area contributed by atoms with Crippen molar-refractivity contribution >= 4 is 45.9 Å². The molecule has 0 atom stereocenters. The summed E-state index contributed by atoms with van der Waals surface area (Å²) >= 11 is 18.2. The van der Waals surface area contributed by atoms with Gasteiger partial charge in [-0.25, -0.2) is 0 Å². The van der Waals surface area contributed by atoms with Gasteiger partial charge in [0.1, 0.15) is 5.03 Å². The van der Waals surface area contributed by atoms with E-state index in [-0.39, 0.29) is 27.4 Å². The van der Waals surface area contributed by atoms with E-state index in [1.807, 2.05) is 6.07 Å². The zero-order valence-electron chi connectivity index (χ0n) is 12.8. The van der Waals surface area contributed by atoms with Gasteiger partial charge >= 0.3 is 0 Å². The minimum Gasteiger partial charge on any atom is -0.503 e. The van der Waals surface area contributed by atoms with E-state index in [1.54, 1.807) is 30.3 Å². The number of hydrogen-bond acceptors (Lipinski definition) is 5. The number of nitrogens with zero attached hydrogens (tertiary/aromatic N) is 2. The van der Waals surface area contributed by atoms with Crippen molar-refractivity contribution in [3.63, 3.8) is 0 Å². The molecular weight excluding hydrogens is 387 g/mol. The van der Waals surface area contributed by atoms with Crippen molar-refractivity contribution < 1.29 is 14.4 Å². The largest absolute Gasteiger partial charge is 0.503 e. The number of phenols is 1. The van der Waals surface area contributed by atoms with Crippen molar-refractivity contribution in [3.05, 3.63) is 57.9 Å². The predicted molar refractivity (Wildman–Crippen MR) is 98.1 cm³/mol. The molecule has 0 fully saturated rings. The summed E-state index contributed by atoms with van der Waals surface area (Å²) in [7, 11) is 1.43. The van der Waals surface area contributed by atoms with Crippen LogP contribution in [0, 0.1) is 0 Å². The first-order valence-corrected chi connectivity index (χ1v) is 8.15. The van der Waals surface area contributed by atoms with E-state index in [2.05, 4.69) is 10.1 Å². The van der Waals surface area contributed by atoms with Gasteiger partial charge in [-0.3, -0.25) is 0 Å². The van der Waals surface area contributed by atoms with Crippen molar-refractivity contribution in [1.29, 1.82) is 0 Å². The van der Waals surface area contributed by atoms with Gasteiger partial charge < -0.3 is 14.4 Å². The quantitative estimate of drug-likeness (QED) is 0.630. The van der Waals surface area contributed by atoms with Gasteiger partial charge in [0.05, 0.1) is 12.1 Å². The molecule has 5 nitrogen and oxygen atoms in total. The van der Waals surface area contributed by atoms with Crippen LogP contribution in [-0.2, 0) is 0 Å². The molecule has 3 rings (SSSR count). The van der Waals surface area contributed by atoms with Crippen LogP contribution in [-0.4, -0.2) is 22.4 Å². The lowest BCUT2D eigenvalue weighted by atomic mass is 10.2. The van der Waals surface area contributed by atoms with Crippen LogP contribution < -0.4 is 4.74 Å². The number of methoxy groups -OCH3 is 1. The fraction of sp³-hybridized carbons (Fsp3) is 0.0588. The molecule has 0 saturated carbocycles. The lowest BCUT2D eigenvalue weighted by Gasteiger charge is -2.06. The second-order valence-corrected chi connectivity index (χ2v) is 6.23. The molecule has 0 radical (unpaired) electrons. The number of hydrogen-bond donors (Lipinski definition) is 1. The molecule has 0 aliphatic heterocycles. The molecule has 0 spiro atoms. The fourth-order valence-electron chi connectivity index (χ4n) is 2.11. The molecule has 3 aromatic rings. The second kappa shape index (κ2) is 7.35. The first-order chi connectivity index (χ1) is 12.0. The van der Waals surface area contributed by atoms with E-state index in [0.717, 1.165) is 0 Å². The molecule has 25 heavy (non-hydrogen) atoms. The minimum atomic E-state index is -0.140. The van der Waals surface area contributed by atoms with Crippen LogP contribution in [0.4, 0.5) is 0 Å². The van der Waals surface area contributed by atoms with Crippen LogP contribution >= 0.6 is 34.8 Å². The first kappa shape index (κ1) is 17.6. The van der Waals surface area contributed by atoms with Crippen LogP contribution in [0.5, 0.6) is 11.5 Å². The van der Waals surface area contributed by atoms with Crippen LogP contribution in [0.15, 0.2) is 40.9 Å². The zero-order chi connectivity index (χ0) is 18.0. The normalized spacial score (nSPS) is 11.6. The number of halogens is 3. The Balaban J connectivity index is 1.92. The third-order valence-corrected chi connectivity index (χ3v) is 4.07. The monoisotopic (exact) mass is 396 g/mol. The average Bonchev–Trinajstić information content (AvgIpc) is 3.08. The zero-order valence-corrected chi connectivity index (χ0v) is 15.1. The Kier molecular flexibility index (Phi) is 5.18. The maximum Gasteiger partial charge on any atom is 0.269 e. The maximum atomic E-state index is 9.76. The van der Waals surface area contributed by atoms with Crippen LogP contribution in [0.2, 0.25) is 10.0 Å². The van der Waals surface area contributed by atoms with E-state index < -0.39 is 0 Å². The second-order valence-electron chi connectivity index (χ2n) is 4.98. The SMILES string of the molecule is COc1cc(/C=C(\Cl)c2nc(-c3cccc(Cl)c3)no2)cc(Cl)c1O. The molecule has 0 aliphatic carbocycles. The van der Waals surface area contributed by atoms with E-state index in [0.29, 0.717) is 22.0 Å². The molecule has 0 bridgehead atoms. The Morgan fingerprint density at radius 3 is 2.76 bits per heavy atom. The molecule has 0 saturated heterocycles. The van der Waals surface area contributed by atoms with Gasteiger partial charge in [-0.2, -0.15) is 4.98 Å². The van der Waals surface area contributed by atoms with Gasteiger partial charge in [0.25, 0.3) is 5.89 Å². The summed E-state index contributed by atoms with van der Waals surface area (Å²) < 4.78 is 10.2. The summed E-state index contributed by atoms with van der Waals surface area (Å²) in [6, 6.07) is 10.2. The summed E-state index contributed by atoms with van der Waals surface area (Å²) in [6.07, 6.45) is 1.57. The van der Waals surface area contributed by atoms with E-state index in [1.165, 1.54) is 13.2 Å².